The molecule has 0 saturated heterocycles. The van der Waals surface area contributed by atoms with Gasteiger partial charge in [-0.3, -0.25) is 20.4 Å². The molecule has 3 aromatic rings. The highest BCUT2D eigenvalue weighted by molar-refractivity contribution is 7.80. The standard InChI is InChI=1S/C24H21Cl2N3O3S/c1-15(32-20-13-12-18(25)14-19(20)26)22(30)28-29-24(33)27-23(31)21(16-8-4-2-5-9-16)17-10-6-3-7-11-17/h2-15,21H,1H3,(H,28,30)(H2,27,29,31,33). The minimum atomic E-state index is -0.893. The Hall–Kier alpha value is -3.13. The number of benzene rings is 3. The van der Waals surface area contributed by atoms with Gasteiger partial charge in [-0.15, -0.1) is 0 Å². The van der Waals surface area contributed by atoms with Gasteiger partial charge in [-0.25, -0.2) is 0 Å². The van der Waals surface area contributed by atoms with Gasteiger partial charge in [0.1, 0.15) is 5.75 Å². The first-order valence-corrected chi connectivity index (χ1v) is 11.1. The van der Waals surface area contributed by atoms with Crippen LogP contribution in [0.15, 0.2) is 78.9 Å². The Morgan fingerprint density at radius 3 is 1.97 bits per heavy atom. The number of amides is 2. The minimum absolute atomic E-state index is 0.0538. The highest BCUT2D eigenvalue weighted by Crippen LogP contribution is 2.28. The molecule has 0 saturated carbocycles. The highest BCUT2D eigenvalue weighted by atomic mass is 35.5. The minimum Gasteiger partial charge on any atom is -0.479 e. The Bertz CT molecular complexity index is 1090. The van der Waals surface area contributed by atoms with E-state index in [1.165, 1.54) is 6.07 Å². The third-order valence-electron chi connectivity index (χ3n) is 4.63. The van der Waals surface area contributed by atoms with Crippen LogP contribution in [-0.2, 0) is 9.59 Å². The summed E-state index contributed by atoms with van der Waals surface area (Å²) >= 11 is 17.1. The zero-order valence-corrected chi connectivity index (χ0v) is 19.9. The normalized spacial score (nSPS) is 11.4. The van der Waals surface area contributed by atoms with Crippen LogP contribution < -0.4 is 20.9 Å². The van der Waals surface area contributed by atoms with Crippen molar-refractivity contribution < 1.29 is 14.3 Å². The Balaban J connectivity index is 1.58. The van der Waals surface area contributed by atoms with Crippen molar-refractivity contribution in [2.75, 3.05) is 0 Å². The maximum atomic E-state index is 13.0. The molecule has 0 aliphatic rings. The molecular weight excluding hydrogens is 481 g/mol. The number of rotatable bonds is 6. The van der Waals surface area contributed by atoms with Crippen LogP contribution in [0, 0.1) is 0 Å². The summed E-state index contributed by atoms with van der Waals surface area (Å²) in [5, 5.41) is 3.31. The number of ether oxygens (including phenoxy) is 1. The van der Waals surface area contributed by atoms with Crippen molar-refractivity contribution in [3.8, 4) is 5.75 Å². The summed E-state index contributed by atoms with van der Waals surface area (Å²) in [5.41, 5.74) is 6.57. The van der Waals surface area contributed by atoms with Crippen molar-refractivity contribution in [1.82, 2.24) is 16.2 Å². The van der Waals surface area contributed by atoms with Crippen LogP contribution in [0.3, 0.4) is 0 Å². The maximum Gasteiger partial charge on any atom is 0.279 e. The van der Waals surface area contributed by atoms with Gasteiger partial charge in [-0.2, -0.15) is 0 Å². The molecule has 6 nitrogen and oxygen atoms in total. The van der Waals surface area contributed by atoms with Gasteiger partial charge in [0.25, 0.3) is 5.91 Å². The molecule has 2 amide bonds. The van der Waals surface area contributed by atoms with E-state index in [0.29, 0.717) is 10.8 Å². The molecule has 0 heterocycles. The molecule has 0 bridgehead atoms. The van der Waals surface area contributed by atoms with E-state index in [9.17, 15) is 9.59 Å². The van der Waals surface area contributed by atoms with E-state index in [0.717, 1.165) is 11.1 Å². The molecule has 0 aromatic heterocycles. The van der Waals surface area contributed by atoms with Crippen LogP contribution in [0.1, 0.15) is 24.0 Å². The average Bonchev–Trinajstić information content (AvgIpc) is 2.80. The third-order valence-corrected chi connectivity index (χ3v) is 5.37. The Morgan fingerprint density at radius 2 is 1.42 bits per heavy atom. The number of thiocarbonyl (C=S) groups is 1. The second-order valence-corrected chi connectivity index (χ2v) is 8.27. The number of hydrogen-bond acceptors (Lipinski definition) is 4. The van der Waals surface area contributed by atoms with Gasteiger partial charge in [0.05, 0.1) is 10.9 Å². The van der Waals surface area contributed by atoms with Gasteiger partial charge in [0.15, 0.2) is 11.2 Å². The molecule has 3 aromatic carbocycles. The summed E-state index contributed by atoms with van der Waals surface area (Å²) < 4.78 is 5.56. The molecule has 170 valence electrons. The zero-order valence-electron chi connectivity index (χ0n) is 17.5. The van der Waals surface area contributed by atoms with Gasteiger partial charge in [0, 0.05) is 5.02 Å². The first kappa shape index (κ1) is 24.5. The van der Waals surface area contributed by atoms with Crippen molar-refractivity contribution in [2.24, 2.45) is 0 Å². The summed E-state index contributed by atoms with van der Waals surface area (Å²) in [6, 6.07) is 23.4. The zero-order chi connectivity index (χ0) is 23.8. The molecule has 1 unspecified atom stereocenters. The largest absolute Gasteiger partial charge is 0.479 e. The van der Waals surface area contributed by atoms with E-state index in [1.54, 1.807) is 19.1 Å². The van der Waals surface area contributed by atoms with Gasteiger partial charge in [-0.1, -0.05) is 83.9 Å². The highest BCUT2D eigenvalue weighted by Gasteiger charge is 2.24. The predicted molar refractivity (Wildman–Crippen MR) is 133 cm³/mol. The second kappa shape index (κ2) is 11.7. The molecule has 9 heteroatoms. The van der Waals surface area contributed by atoms with E-state index in [2.05, 4.69) is 16.2 Å². The summed E-state index contributed by atoms with van der Waals surface area (Å²) in [4.78, 5) is 25.4. The lowest BCUT2D eigenvalue weighted by Crippen LogP contribution is -2.52. The summed E-state index contributed by atoms with van der Waals surface area (Å²) in [7, 11) is 0. The number of hydrazine groups is 1. The van der Waals surface area contributed by atoms with Crippen molar-refractivity contribution in [3.63, 3.8) is 0 Å². The maximum absolute atomic E-state index is 13.0. The number of carbonyl (C=O) groups excluding carboxylic acids is 2. The molecule has 0 aliphatic heterocycles. The van der Waals surface area contributed by atoms with Gasteiger partial charge in [-0.05, 0) is 48.5 Å². The third kappa shape index (κ3) is 6.92. The smallest absolute Gasteiger partial charge is 0.279 e. The Kier molecular flexibility index (Phi) is 8.65. The number of carbonyl (C=O) groups is 2. The monoisotopic (exact) mass is 501 g/mol. The quantitative estimate of drug-likeness (QED) is 0.339. The number of nitrogens with one attached hydrogen (secondary N) is 3. The molecule has 0 fully saturated rings. The molecule has 0 radical (unpaired) electrons. The molecule has 33 heavy (non-hydrogen) atoms. The predicted octanol–water partition coefficient (Wildman–Crippen LogP) is 4.61. The first-order valence-electron chi connectivity index (χ1n) is 9.97. The summed E-state index contributed by atoms with van der Waals surface area (Å²) in [5.74, 6) is -1.11. The van der Waals surface area contributed by atoms with E-state index < -0.39 is 17.9 Å². The summed E-state index contributed by atoms with van der Waals surface area (Å²) in [6.45, 7) is 1.55. The summed E-state index contributed by atoms with van der Waals surface area (Å²) in [6.07, 6.45) is -0.893. The van der Waals surface area contributed by atoms with Crippen LogP contribution >= 0.6 is 35.4 Å². The molecule has 0 spiro atoms. The van der Waals surface area contributed by atoms with E-state index in [-0.39, 0.29) is 16.0 Å². The van der Waals surface area contributed by atoms with Crippen molar-refractivity contribution in [2.45, 2.75) is 18.9 Å². The van der Waals surface area contributed by atoms with E-state index >= 15 is 0 Å². The number of halogens is 2. The van der Waals surface area contributed by atoms with Crippen molar-refractivity contribution in [3.05, 3.63) is 100 Å². The lowest BCUT2D eigenvalue weighted by molar-refractivity contribution is -0.128. The molecule has 3 rings (SSSR count). The molecular formula is C24H21Cl2N3O3S. The van der Waals surface area contributed by atoms with Crippen molar-refractivity contribution in [1.29, 1.82) is 0 Å². The topological polar surface area (TPSA) is 79.5 Å². The first-order chi connectivity index (χ1) is 15.8. The van der Waals surface area contributed by atoms with E-state index in [1.807, 2.05) is 60.7 Å². The lowest BCUT2D eigenvalue weighted by atomic mass is 9.90. The van der Waals surface area contributed by atoms with Crippen LogP contribution in [-0.4, -0.2) is 23.0 Å². The van der Waals surface area contributed by atoms with Gasteiger partial charge in [0.2, 0.25) is 5.91 Å². The lowest BCUT2D eigenvalue weighted by Gasteiger charge is -2.20. The van der Waals surface area contributed by atoms with E-state index in [4.69, 9.17) is 40.2 Å². The fourth-order valence-electron chi connectivity index (χ4n) is 3.04. The second-order valence-electron chi connectivity index (χ2n) is 7.02. The van der Waals surface area contributed by atoms with Crippen LogP contribution in [0.5, 0.6) is 5.75 Å². The number of hydrogen-bond donors (Lipinski definition) is 3. The Labute approximate surface area is 207 Å². The SMILES string of the molecule is CC(Oc1ccc(Cl)cc1Cl)C(=O)NNC(=S)NC(=O)C(c1ccccc1)c1ccccc1. The Morgan fingerprint density at radius 1 is 0.848 bits per heavy atom. The molecule has 0 aliphatic carbocycles. The fourth-order valence-corrected chi connectivity index (χ4v) is 3.64. The van der Waals surface area contributed by atoms with Crippen LogP contribution in [0.2, 0.25) is 10.0 Å². The van der Waals surface area contributed by atoms with Crippen molar-refractivity contribution >= 4 is 52.3 Å². The fraction of sp³-hybridized carbons (Fsp3) is 0.125. The molecule has 1 atom stereocenters. The van der Waals surface area contributed by atoms with Gasteiger partial charge < -0.3 is 10.1 Å². The average molecular weight is 502 g/mol. The van der Waals surface area contributed by atoms with Crippen LogP contribution in [0.25, 0.3) is 0 Å². The van der Waals surface area contributed by atoms with Gasteiger partial charge >= 0.3 is 0 Å². The molecule has 3 N–H and O–H groups in total. The van der Waals surface area contributed by atoms with Crippen LogP contribution in [0.4, 0.5) is 0 Å².